The predicted molar refractivity (Wildman–Crippen MR) is 76.7 cm³/mol. The van der Waals surface area contributed by atoms with Crippen molar-refractivity contribution in [2.24, 2.45) is 0 Å². The lowest BCUT2D eigenvalue weighted by atomic mass is 10.2. The molecule has 2 aromatic rings. The van der Waals surface area contributed by atoms with Gasteiger partial charge in [0.1, 0.15) is 5.69 Å². The number of anilines is 1. The van der Waals surface area contributed by atoms with Gasteiger partial charge >= 0.3 is 5.69 Å². The maximum atomic E-state index is 10.9. The third kappa shape index (κ3) is 2.73. The van der Waals surface area contributed by atoms with E-state index in [2.05, 4.69) is 5.10 Å². The van der Waals surface area contributed by atoms with Gasteiger partial charge in [0.15, 0.2) is 11.5 Å². The summed E-state index contributed by atoms with van der Waals surface area (Å²) in [6, 6.07) is 5.36. The minimum Gasteiger partial charge on any atom is -0.493 e. The molecule has 2 rings (SSSR count). The Bertz CT molecular complexity index is 681. The molecule has 1 heterocycles. The molecule has 112 valence electrons. The van der Waals surface area contributed by atoms with E-state index in [0.717, 1.165) is 5.56 Å². The lowest BCUT2D eigenvalue weighted by Gasteiger charge is -2.10. The molecule has 1 aromatic heterocycles. The zero-order chi connectivity index (χ0) is 15.6. The normalized spacial score (nSPS) is 10.4. The van der Waals surface area contributed by atoms with Crippen LogP contribution in [0.3, 0.4) is 0 Å². The molecule has 0 atom stereocenters. The minimum absolute atomic E-state index is 0.0345. The van der Waals surface area contributed by atoms with E-state index in [4.69, 9.17) is 15.2 Å². The smallest absolute Gasteiger partial charge is 0.333 e. The summed E-state index contributed by atoms with van der Waals surface area (Å²) in [6.07, 6.45) is 0. The van der Waals surface area contributed by atoms with Crippen LogP contribution in [-0.2, 0) is 6.54 Å². The summed E-state index contributed by atoms with van der Waals surface area (Å²) in [6.45, 7) is 1.86. The van der Waals surface area contributed by atoms with Gasteiger partial charge in [-0.05, 0) is 24.6 Å². The topological polar surface area (TPSA) is 105 Å². The summed E-state index contributed by atoms with van der Waals surface area (Å²) in [4.78, 5) is 10.4. The Morgan fingerprint density at radius 2 is 2.00 bits per heavy atom. The highest BCUT2D eigenvalue weighted by atomic mass is 16.6. The predicted octanol–water partition coefficient (Wildman–Crippen LogP) is 1.75. The quantitative estimate of drug-likeness (QED) is 0.664. The van der Waals surface area contributed by atoms with Crippen molar-refractivity contribution < 1.29 is 14.4 Å². The van der Waals surface area contributed by atoms with Gasteiger partial charge in [-0.2, -0.15) is 5.10 Å². The molecule has 8 nitrogen and oxygen atoms in total. The Kier molecular flexibility index (Phi) is 3.97. The zero-order valence-corrected chi connectivity index (χ0v) is 12.0. The first-order chi connectivity index (χ1) is 9.97. The van der Waals surface area contributed by atoms with Gasteiger partial charge in [-0.25, -0.2) is 4.68 Å². The number of nitro groups is 1. The highest BCUT2D eigenvalue weighted by Crippen LogP contribution is 2.29. The van der Waals surface area contributed by atoms with Crippen LogP contribution >= 0.6 is 0 Å². The lowest BCUT2D eigenvalue weighted by molar-refractivity contribution is -0.384. The Hall–Kier alpha value is -2.77. The number of aromatic nitrogens is 2. The molecule has 0 saturated carbocycles. The number of benzene rings is 1. The van der Waals surface area contributed by atoms with E-state index in [1.54, 1.807) is 33.3 Å². The second kappa shape index (κ2) is 5.70. The molecule has 0 radical (unpaired) electrons. The monoisotopic (exact) mass is 292 g/mol. The summed E-state index contributed by atoms with van der Waals surface area (Å²) >= 11 is 0. The van der Waals surface area contributed by atoms with E-state index in [-0.39, 0.29) is 17.2 Å². The van der Waals surface area contributed by atoms with E-state index in [9.17, 15) is 10.1 Å². The molecule has 0 spiro atoms. The van der Waals surface area contributed by atoms with Gasteiger partial charge < -0.3 is 15.2 Å². The van der Waals surface area contributed by atoms with Crippen molar-refractivity contribution in [3.8, 4) is 11.5 Å². The van der Waals surface area contributed by atoms with Crippen molar-refractivity contribution in [2.45, 2.75) is 13.5 Å². The number of nitrogen functional groups attached to an aromatic ring is 1. The van der Waals surface area contributed by atoms with Crippen molar-refractivity contribution in [3.63, 3.8) is 0 Å². The van der Waals surface area contributed by atoms with Gasteiger partial charge in [-0.3, -0.25) is 10.1 Å². The van der Waals surface area contributed by atoms with Crippen molar-refractivity contribution >= 4 is 11.5 Å². The summed E-state index contributed by atoms with van der Waals surface area (Å²) in [5, 5.41) is 15.0. The first kappa shape index (κ1) is 14.6. The van der Waals surface area contributed by atoms with Crippen LogP contribution < -0.4 is 15.2 Å². The van der Waals surface area contributed by atoms with Crippen LogP contribution in [0.2, 0.25) is 0 Å². The van der Waals surface area contributed by atoms with Crippen molar-refractivity contribution in [2.75, 3.05) is 20.0 Å². The number of aryl methyl sites for hydroxylation is 1. The Morgan fingerprint density at radius 1 is 1.33 bits per heavy atom. The highest BCUT2D eigenvalue weighted by molar-refractivity contribution is 5.56. The Balaban J connectivity index is 2.35. The van der Waals surface area contributed by atoms with E-state index < -0.39 is 4.92 Å². The first-order valence-electron chi connectivity index (χ1n) is 6.16. The van der Waals surface area contributed by atoms with Crippen molar-refractivity contribution in [1.29, 1.82) is 0 Å². The second-order valence-electron chi connectivity index (χ2n) is 4.42. The van der Waals surface area contributed by atoms with Crippen LogP contribution in [0.25, 0.3) is 0 Å². The molecule has 2 N–H and O–H groups in total. The molecule has 0 aliphatic heterocycles. The maximum absolute atomic E-state index is 10.9. The zero-order valence-electron chi connectivity index (χ0n) is 12.0. The second-order valence-corrected chi connectivity index (χ2v) is 4.42. The highest BCUT2D eigenvalue weighted by Gasteiger charge is 2.23. The van der Waals surface area contributed by atoms with Gasteiger partial charge in [-0.15, -0.1) is 0 Å². The average molecular weight is 292 g/mol. The first-order valence-corrected chi connectivity index (χ1v) is 6.16. The molecule has 1 aromatic carbocycles. The SMILES string of the molecule is COc1ccc(Cn2nc(C)c([N+](=O)[O-])c2N)cc1OC. The van der Waals surface area contributed by atoms with Crippen LogP contribution in [0.5, 0.6) is 11.5 Å². The van der Waals surface area contributed by atoms with Crippen LogP contribution in [-0.4, -0.2) is 28.9 Å². The van der Waals surface area contributed by atoms with Crippen LogP contribution in [0.4, 0.5) is 11.5 Å². The number of rotatable bonds is 5. The molecule has 0 fully saturated rings. The summed E-state index contributed by atoms with van der Waals surface area (Å²) in [7, 11) is 3.09. The van der Waals surface area contributed by atoms with Crippen molar-refractivity contribution in [1.82, 2.24) is 9.78 Å². The number of hydrogen-bond acceptors (Lipinski definition) is 6. The summed E-state index contributed by atoms with van der Waals surface area (Å²) in [5.41, 5.74) is 6.76. The third-order valence-electron chi connectivity index (χ3n) is 3.10. The molecular weight excluding hydrogens is 276 g/mol. The maximum Gasteiger partial charge on any atom is 0.333 e. The molecule has 21 heavy (non-hydrogen) atoms. The van der Waals surface area contributed by atoms with Gasteiger partial charge in [0.2, 0.25) is 5.82 Å². The van der Waals surface area contributed by atoms with Crippen LogP contribution in [0.15, 0.2) is 18.2 Å². The van der Waals surface area contributed by atoms with E-state index >= 15 is 0 Å². The fourth-order valence-electron chi connectivity index (χ4n) is 2.09. The molecule has 0 amide bonds. The summed E-state index contributed by atoms with van der Waals surface area (Å²) < 4.78 is 11.8. The molecule has 8 heteroatoms. The van der Waals surface area contributed by atoms with E-state index in [0.29, 0.717) is 18.0 Å². The lowest BCUT2D eigenvalue weighted by Crippen LogP contribution is -2.07. The van der Waals surface area contributed by atoms with Gasteiger partial charge in [0, 0.05) is 0 Å². The number of ether oxygens (including phenoxy) is 2. The molecule has 0 saturated heterocycles. The van der Waals surface area contributed by atoms with Gasteiger partial charge in [-0.1, -0.05) is 6.07 Å². The van der Waals surface area contributed by atoms with Gasteiger partial charge in [0.05, 0.1) is 25.7 Å². The van der Waals surface area contributed by atoms with E-state index in [1.807, 2.05) is 6.07 Å². The molecule has 0 aliphatic rings. The number of nitrogens with zero attached hydrogens (tertiary/aromatic N) is 3. The van der Waals surface area contributed by atoms with Crippen molar-refractivity contribution in [3.05, 3.63) is 39.6 Å². The average Bonchev–Trinajstić information content (AvgIpc) is 2.73. The summed E-state index contributed by atoms with van der Waals surface area (Å²) in [5.74, 6) is 1.22. The molecule has 0 bridgehead atoms. The number of methoxy groups -OCH3 is 2. The number of hydrogen-bond donors (Lipinski definition) is 1. The third-order valence-corrected chi connectivity index (χ3v) is 3.10. The number of nitrogens with two attached hydrogens (primary N) is 1. The molecular formula is C13H16N4O4. The van der Waals surface area contributed by atoms with Crippen LogP contribution in [0, 0.1) is 17.0 Å². The fraction of sp³-hybridized carbons (Fsp3) is 0.308. The Morgan fingerprint density at radius 3 is 2.52 bits per heavy atom. The van der Waals surface area contributed by atoms with E-state index in [1.165, 1.54) is 4.68 Å². The molecule has 0 unspecified atom stereocenters. The Labute approximate surface area is 121 Å². The fourth-order valence-corrected chi connectivity index (χ4v) is 2.09. The standard InChI is InChI=1S/C13H16N4O4/c1-8-12(17(18)19)13(14)16(15-8)7-9-4-5-10(20-2)11(6-9)21-3/h4-6H,7,14H2,1-3H3. The molecule has 0 aliphatic carbocycles. The van der Waals surface area contributed by atoms with Gasteiger partial charge in [0.25, 0.3) is 0 Å². The minimum atomic E-state index is -0.525. The largest absolute Gasteiger partial charge is 0.493 e. The van der Waals surface area contributed by atoms with Crippen LogP contribution in [0.1, 0.15) is 11.3 Å².